The second-order valence-corrected chi connectivity index (χ2v) is 5.02. The molecule has 3 nitrogen and oxygen atoms in total. The quantitative estimate of drug-likeness (QED) is 0.825. The molecule has 0 N–H and O–H groups in total. The first-order valence-corrected chi connectivity index (χ1v) is 6.82. The molecule has 0 aliphatic carbocycles. The maximum Gasteiger partial charge on any atom is 0.101 e. The topological polar surface area (TPSA) is 41.6 Å². The summed E-state index contributed by atoms with van der Waals surface area (Å²) in [6, 6.07) is 8.15. The Morgan fingerprint density at radius 2 is 2.39 bits per heavy atom. The summed E-state index contributed by atoms with van der Waals surface area (Å²) in [6.45, 7) is 0. The molecule has 2 aromatic rings. The Balaban J connectivity index is 1.95. The number of nitriles is 1. The molecule has 0 fully saturated rings. The van der Waals surface area contributed by atoms with Crippen LogP contribution in [0.3, 0.4) is 0 Å². The second-order valence-electron chi connectivity index (χ2n) is 4.07. The summed E-state index contributed by atoms with van der Waals surface area (Å²) in [5.41, 5.74) is 4.10. The van der Waals surface area contributed by atoms with Crippen molar-refractivity contribution in [3.8, 4) is 6.07 Å². The van der Waals surface area contributed by atoms with Crippen molar-refractivity contribution in [1.82, 2.24) is 9.55 Å². The van der Waals surface area contributed by atoms with Gasteiger partial charge in [0.1, 0.15) is 6.07 Å². The summed E-state index contributed by atoms with van der Waals surface area (Å²) >= 11 is 1.84. The van der Waals surface area contributed by atoms with Crippen LogP contribution in [0.25, 0.3) is 12.2 Å². The number of hydrogen-bond acceptors (Lipinski definition) is 3. The SMILES string of the molecule is N#Cc1cc(/C=C/c2cccnc2)n2c1CSC2. The molecule has 1 aliphatic heterocycles. The van der Waals surface area contributed by atoms with Gasteiger partial charge in [-0.05, 0) is 23.8 Å². The van der Waals surface area contributed by atoms with E-state index in [1.54, 1.807) is 6.20 Å². The molecule has 0 radical (unpaired) electrons. The van der Waals surface area contributed by atoms with Crippen LogP contribution in [0, 0.1) is 11.3 Å². The van der Waals surface area contributed by atoms with Crippen molar-refractivity contribution in [2.24, 2.45) is 0 Å². The van der Waals surface area contributed by atoms with E-state index < -0.39 is 0 Å². The third-order valence-corrected chi connectivity index (χ3v) is 3.87. The summed E-state index contributed by atoms with van der Waals surface area (Å²) < 4.78 is 2.20. The van der Waals surface area contributed by atoms with E-state index >= 15 is 0 Å². The molecule has 0 amide bonds. The monoisotopic (exact) mass is 253 g/mol. The highest BCUT2D eigenvalue weighted by molar-refractivity contribution is 7.97. The molecule has 0 unspecified atom stereocenters. The predicted molar refractivity (Wildman–Crippen MR) is 73.6 cm³/mol. The van der Waals surface area contributed by atoms with E-state index in [9.17, 15) is 0 Å². The zero-order chi connectivity index (χ0) is 12.4. The lowest BCUT2D eigenvalue weighted by Crippen LogP contribution is -1.93. The number of rotatable bonds is 2. The highest BCUT2D eigenvalue weighted by atomic mass is 32.2. The van der Waals surface area contributed by atoms with Gasteiger partial charge in [-0.15, -0.1) is 11.8 Å². The number of thioether (sulfide) groups is 1. The van der Waals surface area contributed by atoms with E-state index in [-0.39, 0.29) is 0 Å². The Hall–Kier alpha value is -1.99. The van der Waals surface area contributed by atoms with Crippen molar-refractivity contribution in [2.75, 3.05) is 0 Å². The molecule has 1 aliphatic rings. The van der Waals surface area contributed by atoms with Crippen LogP contribution in [-0.2, 0) is 11.6 Å². The third-order valence-electron chi connectivity index (χ3n) is 2.95. The van der Waals surface area contributed by atoms with Gasteiger partial charge in [0.2, 0.25) is 0 Å². The standard InChI is InChI=1S/C14H11N3S/c15-7-12-6-13(17-10-18-9-14(12)17)4-3-11-2-1-5-16-8-11/h1-6,8H,9-10H2/b4-3+. The molecule has 0 spiro atoms. The van der Waals surface area contributed by atoms with Crippen LogP contribution < -0.4 is 0 Å². The zero-order valence-corrected chi connectivity index (χ0v) is 10.5. The highest BCUT2D eigenvalue weighted by Crippen LogP contribution is 2.30. The maximum atomic E-state index is 9.09. The van der Waals surface area contributed by atoms with Crippen LogP contribution >= 0.6 is 11.8 Å². The van der Waals surface area contributed by atoms with Gasteiger partial charge in [-0.1, -0.05) is 12.1 Å². The molecule has 18 heavy (non-hydrogen) atoms. The maximum absolute atomic E-state index is 9.09. The normalized spacial score (nSPS) is 13.7. The zero-order valence-electron chi connectivity index (χ0n) is 9.71. The van der Waals surface area contributed by atoms with Crippen molar-refractivity contribution in [3.63, 3.8) is 0 Å². The van der Waals surface area contributed by atoms with E-state index in [1.807, 2.05) is 48.3 Å². The van der Waals surface area contributed by atoms with Crippen molar-refractivity contribution >= 4 is 23.9 Å². The average Bonchev–Trinajstić information content (AvgIpc) is 3.00. The number of aromatic nitrogens is 2. The Labute approximate surface area is 110 Å². The van der Waals surface area contributed by atoms with E-state index in [0.717, 1.165) is 34.1 Å². The summed E-state index contributed by atoms with van der Waals surface area (Å²) in [7, 11) is 0. The van der Waals surface area contributed by atoms with Gasteiger partial charge in [0.05, 0.1) is 11.4 Å². The highest BCUT2D eigenvalue weighted by Gasteiger charge is 2.18. The van der Waals surface area contributed by atoms with Gasteiger partial charge in [0.25, 0.3) is 0 Å². The minimum absolute atomic E-state index is 0.797. The van der Waals surface area contributed by atoms with E-state index in [0.29, 0.717) is 0 Å². The molecule has 0 saturated heterocycles. The molecule has 0 aromatic carbocycles. The fourth-order valence-corrected chi connectivity index (χ4v) is 3.13. The van der Waals surface area contributed by atoms with Gasteiger partial charge < -0.3 is 4.57 Å². The summed E-state index contributed by atoms with van der Waals surface area (Å²) in [4.78, 5) is 4.08. The first-order chi connectivity index (χ1) is 8.88. The van der Waals surface area contributed by atoms with Crippen LogP contribution in [0.2, 0.25) is 0 Å². The van der Waals surface area contributed by atoms with Crippen LogP contribution in [0.1, 0.15) is 22.5 Å². The van der Waals surface area contributed by atoms with Gasteiger partial charge >= 0.3 is 0 Å². The molecule has 0 atom stereocenters. The van der Waals surface area contributed by atoms with E-state index in [1.165, 1.54) is 0 Å². The van der Waals surface area contributed by atoms with E-state index in [4.69, 9.17) is 5.26 Å². The summed E-state index contributed by atoms with van der Waals surface area (Å²) in [6.07, 6.45) is 7.66. The lowest BCUT2D eigenvalue weighted by molar-refractivity contribution is 0.876. The number of nitrogens with zero attached hydrogens (tertiary/aromatic N) is 3. The van der Waals surface area contributed by atoms with Crippen LogP contribution in [-0.4, -0.2) is 9.55 Å². The minimum atomic E-state index is 0.797. The molecule has 88 valence electrons. The lowest BCUT2D eigenvalue weighted by atomic mass is 10.2. The van der Waals surface area contributed by atoms with Crippen LogP contribution in [0.15, 0.2) is 30.6 Å². The number of pyridine rings is 1. The van der Waals surface area contributed by atoms with Gasteiger partial charge in [0.15, 0.2) is 0 Å². The summed E-state index contributed by atoms with van der Waals surface area (Å²) in [5.74, 6) is 1.87. The van der Waals surface area contributed by atoms with Crippen LogP contribution in [0.4, 0.5) is 0 Å². The minimum Gasteiger partial charge on any atom is -0.333 e. The molecule has 2 aromatic heterocycles. The third kappa shape index (κ3) is 1.93. The van der Waals surface area contributed by atoms with E-state index in [2.05, 4.69) is 15.6 Å². The average molecular weight is 253 g/mol. The molecule has 0 saturated carbocycles. The van der Waals surface area contributed by atoms with Gasteiger partial charge in [0, 0.05) is 29.5 Å². The summed E-state index contributed by atoms with van der Waals surface area (Å²) in [5, 5.41) is 9.09. The fraction of sp³-hybridized carbons (Fsp3) is 0.143. The molecule has 0 bridgehead atoms. The first-order valence-electron chi connectivity index (χ1n) is 5.67. The number of hydrogen-bond donors (Lipinski definition) is 0. The Morgan fingerprint density at radius 1 is 1.44 bits per heavy atom. The fourth-order valence-electron chi connectivity index (χ4n) is 2.04. The van der Waals surface area contributed by atoms with Crippen molar-refractivity contribution < 1.29 is 0 Å². The van der Waals surface area contributed by atoms with Crippen molar-refractivity contribution in [2.45, 2.75) is 11.6 Å². The number of fused-ring (bicyclic) bond motifs is 1. The lowest BCUT2D eigenvalue weighted by Gasteiger charge is -1.99. The Kier molecular flexibility index (Phi) is 2.91. The molecule has 3 heterocycles. The molecular formula is C14H11N3S. The Morgan fingerprint density at radius 3 is 3.17 bits per heavy atom. The van der Waals surface area contributed by atoms with Gasteiger partial charge in [-0.25, -0.2) is 0 Å². The van der Waals surface area contributed by atoms with Gasteiger partial charge in [-0.2, -0.15) is 5.26 Å². The second kappa shape index (κ2) is 4.71. The molecule has 4 heteroatoms. The largest absolute Gasteiger partial charge is 0.333 e. The first kappa shape index (κ1) is 11.1. The van der Waals surface area contributed by atoms with Crippen molar-refractivity contribution in [1.29, 1.82) is 5.26 Å². The Bertz CT molecular complexity index is 635. The van der Waals surface area contributed by atoms with Crippen LogP contribution in [0.5, 0.6) is 0 Å². The molecule has 3 rings (SSSR count). The smallest absolute Gasteiger partial charge is 0.101 e. The van der Waals surface area contributed by atoms with Gasteiger partial charge in [-0.3, -0.25) is 4.98 Å². The van der Waals surface area contributed by atoms with Crippen molar-refractivity contribution in [3.05, 3.63) is 53.1 Å². The molecular weight excluding hydrogens is 242 g/mol. The predicted octanol–water partition coefficient (Wildman–Crippen LogP) is 3.13.